The molecule has 4 aliphatic rings. The molecule has 0 radical (unpaired) electrons. The van der Waals surface area contributed by atoms with Gasteiger partial charge in [0.15, 0.2) is 0 Å². The van der Waals surface area contributed by atoms with Crippen LogP contribution in [0.5, 0.6) is 0 Å². The van der Waals surface area contributed by atoms with Crippen LogP contribution in [0.2, 0.25) is 0 Å². The molecule has 56 heavy (non-hydrogen) atoms. The zero-order valence-corrected chi connectivity index (χ0v) is 31.9. The average Bonchev–Trinajstić information content (AvgIpc) is 3.35. The van der Waals surface area contributed by atoms with Crippen molar-refractivity contribution in [3.63, 3.8) is 0 Å². The molecule has 0 saturated heterocycles. The third-order valence-corrected chi connectivity index (χ3v) is 15.0. The Bertz CT molecular complexity index is 2930. The van der Waals surface area contributed by atoms with E-state index in [2.05, 4.69) is 120 Å². The van der Waals surface area contributed by atoms with Crippen molar-refractivity contribution in [1.29, 1.82) is 0 Å². The summed E-state index contributed by atoms with van der Waals surface area (Å²) in [5.41, 5.74) is 10.6. The molecule has 3 atom stereocenters. The molecule has 2 bridgehead atoms. The molecular weight excluding hydrogens is 707 g/mol. The molecule has 5 heteroatoms. The highest BCUT2D eigenvalue weighted by Gasteiger charge is 2.54. The normalized spacial score (nSPS) is 20.8. The lowest BCUT2D eigenvalue weighted by Crippen LogP contribution is -2.44. The predicted molar refractivity (Wildman–Crippen MR) is 227 cm³/mol. The fraction of sp³-hybridized carbons (Fsp3) is 0.176. The Balaban J connectivity index is 1.16. The number of furan rings is 1. The van der Waals surface area contributed by atoms with Crippen molar-refractivity contribution in [3.05, 3.63) is 175 Å². The number of hydrogen-bond donors (Lipinski definition) is 0. The average molecular weight is 748 g/mol. The van der Waals surface area contributed by atoms with Gasteiger partial charge in [-0.1, -0.05) is 135 Å². The third kappa shape index (κ3) is 5.00. The summed E-state index contributed by atoms with van der Waals surface area (Å²) in [6.07, 6.45) is 6.85. The maximum atomic E-state index is 14.6. The smallest absolute Gasteiger partial charge is 0.207 e. The van der Waals surface area contributed by atoms with E-state index in [1.165, 1.54) is 19.3 Å². The molecule has 2 unspecified atom stereocenters. The summed E-state index contributed by atoms with van der Waals surface area (Å²) < 4.78 is 35.8. The quantitative estimate of drug-likeness (QED) is 0.176. The number of anilines is 3. The zero-order valence-electron chi connectivity index (χ0n) is 31.1. The van der Waals surface area contributed by atoms with E-state index in [9.17, 15) is 8.42 Å². The lowest BCUT2D eigenvalue weighted by atomic mass is 9.57. The van der Waals surface area contributed by atoms with Crippen molar-refractivity contribution in [2.75, 3.05) is 4.90 Å². The summed E-state index contributed by atoms with van der Waals surface area (Å²) in [5, 5.41) is 2.19. The predicted octanol–water partition coefficient (Wildman–Crippen LogP) is 13.4. The van der Waals surface area contributed by atoms with Crippen molar-refractivity contribution < 1.29 is 12.8 Å². The van der Waals surface area contributed by atoms with Gasteiger partial charge in [0.1, 0.15) is 11.2 Å². The Morgan fingerprint density at radius 2 is 1.27 bits per heavy atom. The van der Waals surface area contributed by atoms with Gasteiger partial charge < -0.3 is 9.32 Å². The lowest BCUT2D eigenvalue weighted by molar-refractivity contribution is 0.185. The van der Waals surface area contributed by atoms with Gasteiger partial charge in [0, 0.05) is 38.7 Å². The van der Waals surface area contributed by atoms with E-state index in [1.54, 1.807) is 0 Å². The van der Waals surface area contributed by atoms with E-state index in [4.69, 9.17) is 4.42 Å². The molecule has 8 aromatic rings. The monoisotopic (exact) mass is 747 g/mol. The van der Waals surface area contributed by atoms with Gasteiger partial charge in [0.2, 0.25) is 9.84 Å². The van der Waals surface area contributed by atoms with Crippen molar-refractivity contribution in [3.8, 4) is 22.3 Å². The second kappa shape index (κ2) is 12.8. The van der Waals surface area contributed by atoms with Crippen molar-refractivity contribution in [1.82, 2.24) is 0 Å². The summed E-state index contributed by atoms with van der Waals surface area (Å²) in [4.78, 5) is 3.29. The SMILES string of the molecule is O=S1(=O)c2ccccc2C2(CC3CCC[C@@H]2CC3)c2cc(N(c3cccc(-c4cccc5c4oc4ccccc45)c3)c3ccccc3-c3ccccc3)ccc21. The Hall–Kier alpha value is -5.91. The van der Waals surface area contributed by atoms with Crippen LogP contribution in [0.4, 0.5) is 17.1 Å². The molecule has 1 aliphatic heterocycles. The van der Waals surface area contributed by atoms with Gasteiger partial charge in [0.25, 0.3) is 0 Å². The number of nitrogens with zero attached hydrogens (tertiary/aromatic N) is 1. The van der Waals surface area contributed by atoms with E-state index in [0.29, 0.717) is 21.6 Å². The molecule has 7 aromatic carbocycles. The van der Waals surface area contributed by atoms with Crippen molar-refractivity contribution in [2.45, 2.75) is 53.7 Å². The maximum absolute atomic E-state index is 14.6. The van der Waals surface area contributed by atoms with Crippen LogP contribution in [-0.4, -0.2) is 8.42 Å². The van der Waals surface area contributed by atoms with Gasteiger partial charge in [-0.3, -0.25) is 0 Å². The Kier molecular flexibility index (Phi) is 7.66. The molecule has 1 spiro atoms. The van der Waals surface area contributed by atoms with Crippen molar-refractivity contribution >= 4 is 48.8 Å². The van der Waals surface area contributed by atoms with Gasteiger partial charge in [-0.05, 0) is 102 Å². The van der Waals surface area contributed by atoms with Gasteiger partial charge in [0.05, 0.1) is 15.5 Å². The molecule has 0 amide bonds. The molecular formula is C51H41NO3S. The highest BCUT2D eigenvalue weighted by atomic mass is 32.2. The number of benzene rings is 7. The summed E-state index contributed by atoms with van der Waals surface area (Å²) in [6, 6.07) is 56.4. The fourth-order valence-corrected chi connectivity index (χ4v) is 12.5. The molecule has 274 valence electrons. The zero-order chi connectivity index (χ0) is 37.4. The van der Waals surface area contributed by atoms with E-state index in [1.807, 2.05) is 48.5 Å². The first-order chi connectivity index (χ1) is 27.5. The third-order valence-electron chi connectivity index (χ3n) is 13.1. The molecule has 2 heterocycles. The number of rotatable bonds is 5. The van der Waals surface area contributed by atoms with Crippen LogP contribution in [0.15, 0.2) is 178 Å². The number of hydrogen-bond acceptors (Lipinski definition) is 4. The van der Waals surface area contributed by atoms with Crippen molar-refractivity contribution in [2.24, 2.45) is 11.8 Å². The Morgan fingerprint density at radius 1 is 0.554 bits per heavy atom. The van der Waals surface area contributed by atoms with Crippen LogP contribution in [-0.2, 0) is 15.3 Å². The van der Waals surface area contributed by atoms with E-state index >= 15 is 0 Å². The minimum atomic E-state index is -3.73. The van der Waals surface area contributed by atoms with E-state index in [-0.39, 0.29) is 5.41 Å². The summed E-state index contributed by atoms with van der Waals surface area (Å²) >= 11 is 0. The number of fused-ring (bicyclic) bond motifs is 8. The van der Waals surface area contributed by atoms with E-state index in [0.717, 1.165) is 91.6 Å². The molecule has 3 fully saturated rings. The van der Waals surface area contributed by atoms with Gasteiger partial charge in [-0.15, -0.1) is 0 Å². The molecule has 1 aromatic heterocycles. The minimum Gasteiger partial charge on any atom is -0.455 e. The summed E-state index contributed by atoms with van der Waals surface area (Å²) in [6.45, 7) is 0. The first-order valence-electron chi connectivity index (χ1n) is 20.0. The number of para-hydroxylation sites is 3. The largest absolute Gasteiger partial charge is 0.455 e. The molecule has 12 rings (SSSR count). The summed E-state index contributed by atoms with van der Waals surface area (Å²) in [5.74, 6) is 0.955. The number of sulfone groups is 1. The van der Waals surface area contributed by atoms with Gasteiger partial charge in [-0.25, -0.2) is 8.42 Å². The highest BCUT2D eigenvalue weighted by molar-refractivity contribution is 7.91. The van der Waals surface area contributed by atoms with Crippen LogP contribution in [0, 0.1) is 11.8 Å². The molecule has 3 aliphatic carbocycles. The molecule has 3 saturated carbocycles. The topological polar surface area (TPSA) is 50.5 Å². The van der Waals surface area contributed by atoms with E-state index < -0.39 is 9.84 Å². The Morgan fingerprint density at radius 3 is 2.20 bits per heavy atom. The maximum Gasteiger partial charge on any atom is 0.207 e. The fourth-order valence-electron chi connectivity index (χ4n) is 10.7. The van der Waals surface area contributed by atoms with Crippen LogP contribution >= 0.6 is 0 Å². The molecule has 0 N–H and O–H groups in total. The first kappa shape index (κ1) is 33.4. The Labute approximate surface area is 328 Å². The first-order valence-corrected chi connectivity index (χ1v) is 21.4. The second-order valence-corrected chi connectivity index (χ2v) is 17.9. The van der Waals surface area contributed by atoms with Crippen LogP contribution in [0.25, 0.3) is 44.2 Å². The highest BCUT2D eigenvalue weighted by Crippen LogP contribution is 2.61. The van der Waals surface area contributed by atoms with Gasteiger partial charge >= 0.3 is 0 Å². The molecule has 4 nitrogen and oxygen atoms in total. The summed E-state index contributed by atoms with van der Waals surface area (Å²) in [7, 11) is -3.73. The standard InChI is InChI=1S/C51H41NO3S/c53-56(54)48-26-9-6-23-44(48)51(33-34-13-10-17-37(51)28-27-34)45-32-39(29-30-49(45)56)52(46-24-7-4-19-40(46)35-14-2-1-3-15-35)38-18-11-16-36(31-38)41-21-12-22-43-42-20-5-8-25-47(42)55-50(41)43/h1-9,11-12,14-16,18-26,29-32,34,37H,10,13,17,27-28,33H2/t34?,37-,51?/m1/s1. The van der Waals surface area contributed by atoms with Crippen LogP contribution in [0.1, 0.15) is 49.7 Å². The lowest BCUT2D eigenvalue weighted by Gasteiger charge is -2.49. The minimum absolute atomic E-state index is 0.365. The second-order valence-electron chi connectivity index (χ2n) is 16.0. The van der Waals surface area contributed by atoms with Gasteiger partial charge in [-0.2, -0.15) is 0 Å². The van der Waals surface area contributed by atoms with Crippen LogP contribution in [0.3, 0.4) is 0 Å². The van der Waals surface area contributed by atoms with Crippen LogP contribution < -0.4 is 4.90 Å².